The van der Waals surface area contributed by atoms with Crippen LogP contribution in [-0.4, -0.2) is 22.8 Å². The van der Waals surface area contributed by atoms with Crippen LogP contribution in [0.4, 0.5) is 0 Å². The molecular weight excluding hydrogens is 405 g/mol. The zero-order valence-corrected chi connectivity index (χ0v) is 16.3. The lowest BCUT2D eigenvalue weighted by atomic mass is 10.0. The van der Waals surface area contributed by atoms with Crippen molar-refractivity contribution in [3.05, 3.63) is 55.8 Å². The SMILES string of the molecule is CC(C)(C)N(CCC(=O)c1ccc(I)s1)Cc1ccccc1. The third kappa shape index (κ3) is 5.18. The zero-order chi connectivity index (χ0) is 16.2. The van der Waals surface area contributed by atoms with E-state index in [1.54, 1.807) is 11.3 Å². The number of halogens is 1. The van der Waals surface area contributed by atoms with Gasteiger partial charge >= 0.3 is 0 Å². The van der Waals surface area contributed by atoms with Crippen molar-refractivity contribution in [1.29, 1.82) is 0 Å². The van der Waals surface area contributed by atoms with E-state index < -0.39 is 0 Å². The summed E-state index contributed by atoms with van der Waals surface area (Å²) in [6.07, 6.45) is 0.570. The fourth-order valence-electron chi connectivity index (χ4n) is 2.28. The molecule has 0 atom stereocenters. The molecular formula is C18H22INOS. The Balaban J connectivity index is 2.00. The van der Waals surface area contributed by atoms with Crippen molar-refractivity contribution in [2.75, 3.05) is 6.54 Å². The summed E-state index contributed by atoms with van der Waals surface area (Å²) in [4.78, 5) is 15.6. The van der Waals surface area contributed by atoms with Crippen LogP contribution in [0.25, 0.3) is 0 Å². The van der Waals surface area contributed by atoms with E-state index in [1.165, 1.54) is 5.56 Å². The van der Waals surface area contributed by atoms with E-state index in [0.717, 1.165) is 20.9 Å². The molecule has 0 amide bonds. The topological polar surface area (TPSA) is 20.3 Å². The second kappa shape index (κ2) is 7.70. The molecule has 0 aliphatic rings. The molecule has 0 unspecified atom stereocenters. The van der Waals surface area contributed by atoms with Gasteiger partial charge in [0.25, 0.3) is 0 Å². The standard InChI is InChI=1S/C18H22INOS/c1-18(2,3)20(13-14-7-5-4-6-8-14)12-11-15(21)16-9-10-17(19)22-16/h4-10H,11-13H2,1-3H3. The third-order valence-corrected chi connectivity index (χ3v) is 5.56. The second-order valence-corrected chi connectivity index (χ2v) is 9.33. The normalized spacial score (nSPS) is 11.9. The molecule has 0 bridgehead atoms. The fraction of sp³-hybridized carbons (Fsp3) is 0.389. The van der Waals surface area contributed by atoms with Crippen LogP contribution in [0.3, 0.4) is 0 Å². The molecule has 0 saturated heterocycles. The van der Waals surface area contributed by atoms with Gasteiger partial charge in [-0.2, -0.15) is 0 Å². The summed E-state index contributed by atoms with van der Waals surface area (Å²) in [5.74, 6) is 0.246. The van der Waals surface area contributed by atoms with Crippen molar-refractivity contribution < 1.29 is 4.79 Å². The van der Waals surface area contributed by atoms with Gasteiger partial charge in [-0.15, -0.1) is 11.3 Å². The van der Waals surface area contributed by atoms with Gasteiger partial charge in [0.05, 0.1) is 7.76 Å². The van der Waals surface area contributed by atoms with E-state index in [1.807, 2.05) is 18.2 Å². The number of rotatable bonds is 6. The van der Waals surface area contributed by atoms with Crippen LogP contribution in [0.1, 0.15) is 42.4 Å². The molecule has 4 heteroatoms. The number of carbonyl (C=O) groups is 1. The summed E-state index contributed by atoms with van der Waals surface area (Å²) in [6, 6.07) is 14.4. The first kappa shape index (κ1) is 17.6. The van der Waals surface area contributed by atoms with E-state index in [9.17, 15) is 4.79 Å². The number of hydrogen-bond donors (Lipinski definition) is 0. The molecule has 0 radical (unpaired) electrons. The zero-order valence-electron chi connectivity index (χ0n) is 13.3. The first-order valence-electron chi connectivity index (χ1n) is 7.44. The lowest BCUT2D eigenvalue weighted by Gasteiger charge is -2.35. The van der Waals surface area contributed by atoms with Crippen LogP contribution >= 0.6 is 33.9 Å². The van der Waals surface area contributed by atoms with Crippen LogP contribution in [0, 0.1) is 2.88 Å². The molecule has 0 aliphatic carbocycles. The number of nitrogens with zero attached hydrogens (tertiary/aromatic N) is 1. The molecule has 1 aromatic carbocycles. The Bertz CT molecular complexity index is 616. The Labute approximate surface area is 150 Å². The maximum Gasteiger partial charge on any atom is 0.174 e. The average Bonchev–Trinajstić information content (AvgIpc) is 2.89. The van der Waals surface area contributed by atoms with Gasteiger partial charge in [0.2, 0.25) is 0 Å². The van der Waals surface area contributed by atoms with E-state index in [0.29, 0.717) is 6.42 Å². The minimum atomic E-state index is 0.0417. The Hall–Kier alpha value is -0.720. The van der Waals surface area contributed by atoms with Crippen molar-refractivity contribution in [2.24, 2.45) is 0 Å². The lowest BCUT2D eigenvalue weighted by Crippen LogP contribution is -2.41. The van der Waals surface area contributed by atoms with Crippen LogP contribution in [-0.2, 0) is 6.54 Å². The van der Waals surface area contributed by atoms with Gasteiger partial charge in [-0.25, -0.2) is 0 Å². The minimum Gasteiger partial charge on any atom is -0.294 e. The summed E-state index contributed by atoms with van der Waals surface area (Å²) < 4.78 is 1.16. The molecule has 0 aliphatic heterocycles. The van der Waals surface area contributed by atoms with Gasteiger partial charge in [-0.05, 0) is 61.1 Å². The Morgan fingerprint density at radius 3 is 2.36 bits per heavy atom. The highest BCUT2D eigenvalue weighted by atomic mass is 127. The number of ketones is 1. The highest BCUT2D eigenvalue weighted by Crippen LogP contribution is 2.22. The molecule has 2 aromatic rings. The van der Waals surface area contributed by atoms with Crippen molar-refractivity contribution in [2.45, 2.75) is 39.3 Å². The highest BCUT2D eigenvalue weighted by Gasteiger charge is 2.22. The largest absolute Gasteiger partial charge is 0.294 e. The maximum atomic E-state index is 12.3. The van der Waals surface area contributed by atoms with Crippen LogP contribution in [0.15, 0.2) is 42.5 Å². The molecule has 2 rings (SSSR count). The fourth-order valence-corrected chi connectivity index (χ4v) is 3.87. The van der Waals surface area contributed by atoms with Crippen molar-refractivity contribution in [3.8, 4) is 0 Å². The van der Waals surface area contributed by atoms with Crippen LogP contribution < -0.4 is 0 Å². The van der Waals surface area contributed by atoms with E-state index in [4.69, 9.17) is 0 Å². The number of thiophene rings is 1. The molecule has 118 valence electrons. The number of carbonyl (C=O) groups excluding carboxylic acids is 1. The van der Waals surface area contributed by atoms with E-state index in [2.05, 4.69) is 72.5 Å². The summed E-state index contributed by atoms with van der Waals surface area (Å²) in [5.41, 5.74) is 1.33. The smallest absolute Gasteiger partial charge is 0.174 e. The highest BCUT2D eigenvalue weighted by molar-refractivity contribution is 14.1. The first-order valence-corrected chi connectivity index (χ1v) is 9.33. The van der Waals surface area contributed by atoms with Gasteiger partial charge in [0.15, 0.2) is 5.78 Å². The average molecular weight is 427 g/mol. The van der Waals surface area contributed by atoms with E-state index in [-0.39, 0.29) is 11.3 Å². The van der Waals surface area contributed by atoms with Crippen LogP contribution in [0.5, 0.6) is 0 Å². The van der Waals surface area contributed by atoms with Crippen molar-refractivity contribution >= 4 is 39.7 Å². The summed E-state index contributed by atoms with van der Waals surface area (Å²) in [6.45, 7) is 8.27. The predicted octanol–water partition coefficient (Wildman–Crippen LogP) is 5.23. The second-order valence-electron chi connectivity index (χ2n) is 6.35. The lowest BCUT2D eigenvalue weighted by molar-refractivity contribution is 0.0900. The minimum absolute atomic E-state index is 0.0417. The number of Topliss-reactive ketones (excluding diaryl/α,β-unsaturated/α-hetero) is 1. The Morgan fingerprint density at radius 1 is 1.14 bits per heavy atom. The molecule has 0 spiro atoms. The molecule has 1 heterocycles. The third-order valence-electron chi connectivity index (χ3n) is 3.62. The molecule has 0 N–H and O–H groups in total. The van der Waals surface area contributed by atoms with Gasteiger partial charge in [0.1, 0.15) is 0 Å². The molecule has 0 saturated carbocycles. The molecule has 0 fully saturated rings. The Kier molecular flexibility index (Phi) is 6.17. The van der Waals surface area contributed by atoms with Gasteiger partial charge < -0.3 is 0 Å². The van der Waals surface area contributed by atoms with Gasteiger partial charge in [-0.3, -0.25) is 9.69 Å². The summed E-state index contributed by atoms with van der Waals surface area (Å²) in [5, 5.41) is 0. The van der Waals surface area contributed by atoms with Crippen molar-refractivity contribution in [1.82, 2.24) is 4.90 Å². The number of benzene rings is 1. The quantitative estimate of drug-likeness (QED) is 0.465. The summed E-state index contributed by atoms with van der Waals surface area (Å²) in [7, 11) is 0. The van der Waals surface area contributed by atoms with Crippen LogP contribution in [0.2, 0.25) is 0 Å². The maximum absolute atomic E-state index is 12.3. The Morgan fingerprint density at radius 2 is 1.82 bits per heavy atom. The van der Waals surface area contributed by atoms with Gasteiger partial charge in [0, 0.05) is 25.0 Å². The molecule has 2 nitrogen and oxygen atoms in total. The molecule has 22 heavy (non-hydrogen) atoms. The summed E-state index contributed by atoms with van der Waals surface area (Å²) >= 11 is 3.84. The van der Waals surface area contributed by atoms with Crippen molar-refractivity contribution in [3.63, 3.8) is 0 Å². The predicted molar refractivity (Wildman–Crippen MR) is 103 cm³/mol. The monoisotopic (exact) mass is 427 g/mol. The van der Waals surface area contributed by atoms with Gasteiger partial charge in [-0.1, -0.05) is 30.3 Å². The molecule has 1 aromatic heterocycles. The number of hydrogen-bond acceptors (Lipinski definition) is 3. The first-order chi connectivity index (χ1) is 10.4. The van der Waals surface area contributed by atoms with E-state index >= 15 is 0 Å².